The molecule has 3 aromatic rings. The Kier molecular flexibility index (Phi) is 29.7. The van der Waals surface area contributed by atoms with Crippen molar-refractivity contribution in [1.82, 2.24) is 30.4 Å². The Morgan fingerprint density at radius 3 is 2.16 bits per heavy atom. The Hall–Kier alpha value is -7.04. The zero-order chi connectivity index (χ0) is 74.1. The number of allylic oxidation sites excluding steroid dienone is 3. The highest BCUT2D eigenvalue weighted by Gasteiger charge is 2.57. The van der Waals surface area contributed by atoms with Gasteiger partial charge in [-0.1, -0.05) is 75.6 Å². The highest BCUT2D eigenvalue weighted by atomic mass is 35.5. The van der Waals surface area contributed by atoms with Crippen molar-refractivity contribution in [3.05, 3.63) is 76.9 Å². The van der Waals surface area contributed by atoms with E-state index in [0.717, 1.165) is 29.4 Å². The van der Waals surface area contributed by atoms with Crippen molar-refractivity contribution in [3.8, 4) is 16.9 Å². The van der Waals surface area contributed by atoms with Crippen LogP contribution in [0.3, 0.4) is 0 Å². The number of methoxy groups -OCH3 is 3. The van der Waals surface area contributed by atoms with Gasteiger partial charge in [-0.3, -0.25) is 28.8 Å². The lowest BCUT2D eigenvalue weighted by atomic mass is 9.81. The van der Waals surface area contributed by atoms with E-state index in [2.05, 4.69) is 27.5 Å². The number of phenolic OH excluding ortho intramolecular Hbond substituents is 1. The second-order valence-corrected chi connectivity index (χ2v) is 28.8. The van der Waals surface area contributed by atoms with Crippen LogP contribution >= 0.6 is 11.6 Å². The van der Waals surface area contributed by atoms with Crippen LogP contribution in [0, 0.1) is 41.2 Å². The van der Waals surface area contributed by atoms with E-state index in [0.29, 0.717) is 115 Å². The van der Waals surface area contributed by atoms with Crippen molar-refractivity contribution in [1.29, 1.82) is 0 Å². The zero-order valence-electron chi connectivity index (χ0n) is 60.2. The minimum absolute atomic E-state index is 0.0130. The van der Waals surface area contributed by atoms with Gasteiger partial charge in [0.25, 0.3) is 11.7 Å². The van der Waals surface area contributed by atoms with Gasteiger partial charge < -0.3 is 74.8 Å². The maximum atomic E-state index is 16.6. The van der Waals surface area contributed by atoms with Crippen LogP contribution < -0.4 is 20.9 Å². The summed E-state index contributed by atoms with van der Waals surface area (Å²) in [5.74, 6) is -11.5. The van der Waals surface area contributed by atoms with Gasteiger partial charge in [0.1, 0.15) is 46.9 Å². The molecule has 1 aromatic heterocycles. The third kappa shape index (κ3) is 20.3. The maximum absolute atomic E-state index is 16.6. The lowest BCUT2D eigenvalue weighted by Crippen LogP contribution is -2.64. The molecule has 4 amide bonds. The van der Waals surface area contributed by atoms with Gasteiger partial charge in [0.05, 0.1) is 41.1 Å². The number of anilines is 2. The molecular weight excluding hydrogens is 1340 g/mol. The fourth-order valence-corrected chi connectivity index (χ4v) is 15.3. The van der Waals surface area contributed by atoms with Gasteiger partial charge in [-0.2, -0.15) is 4.98 Å². The van der Waals surface area contributed by atoms with Crippen LogP contribution in [-0.2, 0) is 57.2 Å². The average Bonchev–Trinajstić information content (AvgIpc) is 0.761. The van der Waals surface area contributed by atoms with Crippen molar-refractivity contribution >= 4 is 75.4 Å². The van der Waals surface area contributed by atoms with Crippen molar-refractivity contribution < 1.29 is 86.5 Å². The Morgan fingerprint density at radius 1 is 0.814 bits per heavy atom. The Bertz CT molecular complexity index is 3500. The molecule has 14 atom stereocenters. The fourth-order valence-electron chi connectivity index (χ4n) is 15.1. The molecule has 3 saturated heterocycles. The van der Waals surface area contributed by atoms with Crippen molar-refractivity contribution in [2.45, 2.75) is 205 Å². The minimum atomic E-state index is -2.59. The van der Waals surface area contributed by atoms with Crippen LogP contribution in [0.15, 0.2) is 60.2 Å². The number of unbranched alkanes of at least 4 members (excludes halogenated alkanes) is 3. The molecule has 0 spiro atoms. The molecule has 7 N–H and O–H groups in total. The van der Waals surface area contributed by atoms with E-state index >= 15 is 8.78 Å². The number of piperazine rings is 1. The molecule has 24 nitrogen and oxygen atoms in total. The minimum Gasteiger partial charge on any atom is -0.507 e. The molecule has 2 bridgehead atoms. The summed E-state index contributed by atoms with van der Waals surface area (Å²) in [6.07, 6.45) is 6.26. The number of nitrogens with one attached hydrogen (secondary N) is 3. The molecular formula is C75H105ClF2N8O16. The monoisotopic (exact) mass is 1450 g/mol. The lowest BCUT2D eigenvalue weighted by molar-refractivity contribution is -0.302. The number of piperidine rings is 1. The first-order valence-electron chi connectivity index (χ1n) is 36.1. The van der Waals surface area contributed by atoms with E-state index in [1.54, 1.807) is 25.7 Å². The maximum Gasteiger partial charge on any atom is 0.329 e. The Balaban J connectivity index is 0.867. The van der Waals surface area contributed by atoms with Gasteiger partial charge in [-0.15, -0.1) is 0 Å². The summed E-state index contributed by atoms with van der Waals surface area (Å²) in [4.78, 5) is 111. The summed E-state index contributed by atoms with van der Waals surface area (Å²) in [5.41, 5.74) is 0.437. The molecule has 2 aromatic carbocycles. The number of amides is 4. The number of rotatable bonds is 23. The number of aromatic hydroxyl groups is 1. The summed E-state index contributed by atoms with van der Waals surface area (Å²) in [5, 5.41) is 54.6. The van der Waals surface area contributed by atoms with Crippen LogP contribution in [0.2, 0.25) is 5.02 Å². The van der Waals surface area contributed by atoms with E-state index < -0.39 is 113 Å². The smallest absolute Gasteiger partial charge is 0.329 e. The summed E-state index contributed by atoms with van der Waals surface area (Å²) < 4.78 is 62.0. The number of hydrogen-bond donors (Lipinski definition) is 7. The van der Waals surface area contributed by atoms with E-state index in [1.807, 2.05) is 30.9 Å². The number of ether oxygens (including phenoxy) is 5. The molecule has 0 unspecified atom stereocenters. The number of phenols is 1. The largest absolute Gasteiger partial charge is 0.507 e. The third-order valence-electron chi connectivity index (χ3n) is 20.9. The highest BCUT2D eigenvalue weighted by molar-refractivity contribution is 6.39. The quantitative estimate of drug-likeness (QED) is 0.0154. The highest BCUT2D eigenvalue weighted by Crippen LogP contribution is 2.44. The number of carbonyl (C=O) groups excluding carboxylic acids is 7. The summed E-state index contributed by atoms with van der Waals surface area (Å²) in [6, 6.07) is 3.77. The number of halogens is 3. The van der Waals surface area contributed by atoms with Crippen LogP contribution in [0.5, 0.6) is 5.75 Å². The van der Waals surface area contributed by atoms with Crippen molar-refractivity contribution in [2.75, 3.05) is 83.9 Å². The summed E-state index contributed by atoms with van der Waals surface area (Å²) >= 11 is 6.61. The standard InChI is InChI=1S/C75H105ClF2N8O16/c1-10-63(93)84-31-33-85(34-32-84)71-50-41-51(76)64(65-52(77)20-18-22-55(65)88)66(78)67(50)82-74(83-71)81-29-26-62(92)80-28-15-12-11-14-27-79-61(91)23-17-19-49-36-43(2)35-44(3)37-59(99-8)69-60(100-9)39-46(5)75(97,102-69)70(94)72(95)86-30-16-13-21-53(86)73(96)101-68(47(6)56(89)42-57(49)90)45(4)38-48-24-25-54(87)58(40-48)98-7/h10,18,20,22,36,38,41,44,46-49,53-54,56,58-60,68-69,87-89,97H,1,11-17,19,21,23-35,37,39-40,42H2,2-9H3,(H,79,91)(H,80,92)(H,81,82,83)/b43-36+,45-38+/t44-,46+,47+,48-,49+,53-,54+,56-,58+,59-,60-,68+,69+,75+/m0/s1. The van der Waals surface area contributed by atoms with Gasteiger partial charge >= 0.3 is 5.97 Å². The number of benzene rings is 2. The number of cyclic esters (lactones) is 1. The molecule has 5 heterocycles. The number of carbonyl (C=O) groups is 7. The molecule has 8 rings (SSSR count). The second kappa shape index (κ2) is 37.6. The summed E-state index contributed by atoms with van der Waals surface area (Å²) in [7, 11) is 4.53. The van der Waals surface area contributed by atoms with Crippen molar-refractivity contribution in [3.63, 3.8) is 0 Å². The normalized spacial score (nSPS) is 28.9. The van der Waals surface area contributed by atoms with E-state index in [9.17, 15) is 54.0 Å². The van der Waals surface area contributed by atoms with Gasteiger partial charge in [0, 0.05) is 122 Å². The van der Waals surface area contributed by atoms with Crippen LogP contribution in [0.25, 0.3) is 22.0 Å². The molecule has 4 fully saturated rings. The van der Waals surface area contributed by atoms with Crippen LogP contribution in [-0.4, -0.2) is 210 Å². The Labute approximate surface area is 601 Å². The van der Waals surface area contributed by atoms with E-state index in [4.69, 9.17) is 40.3 Å². The number of hydrogen-bond acceptors (Lipinski definition) is 20. The van der Waals surface area contributed by atoms with Crippen LogP contribution in [0.1, 0.15) is 150 Å². The average molecular weight is 1450 g/mol. The summed E-state index contributed by atoms with van der Waals surface area (Å²) in [6.45, 7) is 14.8. The van der Waals surface area contributed by atoms with E-state index in [1.165, 1.54) is 45.6 Å². The fraction of sp³-hybridized carbons (Fsp3) is 0.640. The first kappa shape index (κ1) is 80.6. The molecule has 1 saturated carbocycles. The van der Waals surface area contributed by atoms with Crippen LogP contribution in [0.4, 0.5) is 20.5 Å². The predicted octanol–water partition coefficient (Wildman–Crippen LogP) is 8.61. The first-order chi connectivity index (χ1) is 48.7. The number of ketones is 2. The molecule has 27 heteroatoms. The SMILES string of the molecule is C=CC(=O)N1CCN(c2nc(NCCC(=O)NCCCCCCNC(=O)CCC[C@@H]3/C=C(\C)C[C@H](C)C[C@H](OC)[C@H]4O[C@@](O)(C(=O)C(=O)N5CCCC[C@H]5C(=O)O[C@H](/C(C)=C/[C@@H]5CC[C@@H](O)[C@H](OC)C5)[C@H](C)[C@@H](O)CC3=O)[C@H](C)C[C@@H]4OC)nc3c(F)c(-c4c(O)cccc4F)c(Cl)cc23)CC1. The van der Waals surface area contributed by atoms with E-state index in [-0.39, 0.29) is 114 Å². The van der Waals surface area contributed by atoms with Gasteiger partial charge in [0.15, 0.2) is 5.82 Å². The van der Waals surface area contributed by atoms with Gasteiger partial charge in [-0.05, 0) is 139 Å². The topological polar surface area (TPSA) is 318 Å². The van der Waals surface area contributed by atoms with Crippen molar-refractivity contribution in [2.24, 2.45) is 29.6 Å². The number of aromatic nitrogens is 2. The number of aliphatic hydroxyl groups is 3. The number of Topliss-reactive ketones (excluding diaryl/α,β-unsaturated/α-hetero) is 2. The predicted molar refractivity (Wildman–Crippen MR) is 380 cm³/mol. The van der Waals surface area contributed by atoms with Gasteiger partial charge in [0.2, 0.25) is 29.5 Å². The molecule has 4 aliphatic heterocycles. The molecule has 1 aliphatic carbocycles. The Morgan fingerprint density at radius 2 is 1.49 bits per heavy atom. The molecule has 562 valence electrons. The first-order valence-corrected chi connectivity index (χ1v) is 36.5. The number of nitrogens with zero attached hydrogens (tertiary/aromatic N) is 5. The number of esters is 1. The number of fused-ring (bicyclic) bond motifs is 4. The second-order valence-electron chi connectivity index (χ2n) is 28.4. The molecule has 5 aliphatic rings. The number of aliphatic hydroxyl groups excluding tert-OH is 2. The molecule has 102 heavy (non-hydrogen) atoms. The third-order valence-corrected chi connectivity index (χ3v) is 21.2. The molecule has 0 radical (unpaired) electrons. The lowest BCUT2D eigenvalue weighted by Gasteiger charge is -2.47. The van der Waals surface area contributed by atoms with Gasteiger partial charge in [-0.25, -0.2) is 18.6 Å². The zero-order valence-corrected chi connectivity index (χ0v) is 61.0.